The summed E-state index contributed by atoms with van der Waals surface area (Å²) in [4.78, 5) is 0. The third-order valence-electron chi connectivity index (χ3n) is 2.12. The van der Waals surface area contributed by atoms with Crippen LogP contribution in [0, 0.1) is 5.82 Å². The van der Waals surface area contributed by atoms with Gasteiger partial charge in [0.05, 0.1) is 11.7 Å². The summed E-state index contributed by atoms with van der Waals surface area (Å²) in [5.41, 5.74) is 3.62. The van der Waals surface area contributed by atoms with Gasteiger partial charge in [-0.25, -0.2) is 4.39 Å². The van der Waals surface area contributed by atoms with Gasteiger partial charge in [0.2, 0.25) is 0 Å². The smallest absolute Gasteiger partial charge is 0.388 e. The lowest BCUT2D eigenvalue weighted by Crippen LogP contribution is -2.14. The second kappa shape index (κ2) is 4.80. The second-order valence-electron chi connectivity index (χ2n) is 3.32. The highest BCUT2D eigenvalue weighted by molar-refractivity contribution is 5.32. The number of benzene rings is 1. The molecule has 90 valence electrons. The Labute approximate surface area is 89.7 Å². The Morgan fingerprint density at radius 3 is 2.44 bits per heavy atom. The molecule has 3 N–H and O–H groups in total. The van der Waals surface area contributed by atoms with Gasteiger partial charge in [-0.05, 0) is 36.7 Å². The van der Waals surface area contributed by atoms with Gasteiger partial charge in [-0.1, -0.05) is 0 Å². The summed E-state index contributed by atoms with van der Waals surface area (Å²) in [5.74, 6) is -0.820. The van der Waals surface area contributed by atoms with E-state index in [0.717, 1.165) is 0 Å². The molecule has 1 rings (SSSR count). The lowest BCUT2D eigenvalue weighted by Gasteiger charge is -2.17. The van der Waals surface area contributed by atoms with Crippen molar-refractivity contribution < 1.29 is 22.7 Å². The minimum atomic E-state index is -4.61. The van der Waals surface area contributed by atoms with E-state index in [1.165, 1.54) is 0 Å². The number of halogens is 4. The summed E-state index contributed by atoms with van der Waals surface area (Å²) < 4.78 is 50.4. The van der Waals surface area contributed by atoms with Crippen LogP contribution in [0.5, 0.6) is 0 Å². The molecular formula is C10H11F4NO. The van der Waals surface area contributed by atoms with Crippen molar-refractivity contribution in [2.45, 2.75) is 18.7 Å². The minimum Gasteiger partial charge on any atom is -0.388 e. The topological polar surface area (TPSA) is 46.2 Å². The molecule has 16 heavy (non-hydrogen) atoms. The van der Waals surface area contributed by atoms with Gasteiger partial charge >= 0.3 is 6.18 Å². The highest BCUT2D eigenvalue weighted by Gasteiger charge is 2.34. The third kappa shape index (κ3) is 2.93. The third-order valence-corrected chi connectivity index (χ3v) is 2.12. The van der Waals surface area contributed by atoms with Crippen LogP contribution >= 0.6 is 0 Å². The fraction of sp³-hybridized carbons (Fsp3) is 0.400. The number of rotatable bonds is 3. The first kappa shape index (κ1) is 12.9. The molecular weight excluding hydrogens is 226 g/mol. The molecule has 0 aromatic heterocycles. The van der Waals surface area contributed by atoms with Crippen molar-refractivity contribution in [2.75, 3.05) is 6.54 Å². The molecule has 0 aliphatic rings. The van der Waals surface area contributed by atoms with E-state index in [0.29, 0.717) is 18.2 Å². The molecule has 0 radical (unpaired) electrons. The van der Waals surface area contributed by atoms with Gasteiger partial charge in [0.25, 0.3) is 0 Å². The van der Waals surface area contributed by atoms with E-state index in [1.807, 2.05) is 0 Å². The van der Waals surface area contributed by atoms with E-state index in [-0.39, 0.29) is 13.0 Å². The van der Waals surface area contributed by atoms with Crippen LogP contribution < -0.4 is 5.73 Å². The number of hydrogen-bond acceptors (Lipinski definition) is 2. The second-order valence-corrected chi connectivity index (χ2v) is 3.32. The van der Waals surface area contributed by atoms with E-state index in [4.69, 9.17) is 5.73 Å². The largest absolute Gasteiger partial charge is 0.416 e. The molecule has 0 amide bonds. The summed E-state index contributed by atoms with van der Waals surface area (Å²) >= 11 is 0. The SMILES string of the molecule is NCC[C@H](O)c1cc(F)ccc1C(F)(F)F. The van der Waals surface area contributed by atoms with Gasteiger partial charge in [-0.3, -0.25) is 0 Å². The average Bonchev–Trinajstić information content (AvgIpc) is 2.16. The van der Waals surface area contributed by atoms with Crippen molar-refractivity contribution in [1.82, 2.24) is 0 Å². The molecule has 0 unspecified atom stereocenters. The predicted molar refractivity (Wildman–Crippen MR) is 50.0 cm³/mol. The maximum atomic E-state index is 12.8. The normalized spacial score (nSPS) is 13.9. The number of alkyl halides is 3. The Morgan fingerprint density at radius 1 is 1.31 bits per heavy atom. The monoisotopic (exact) mass is 237 g/mol. The standard InChI is InChI=1S/C10H11F4NO/c11-6-1-2-8(10(12,13)14)7(5-6)9(16)3-4-15/h1-2,5,9,16H,3-4,15H2/t9-/m0/s1. The number of hydrogen-bond donors (Lipinski definition) is 2. The van der Waals surface area contributed by atoms with E-state index in [1.54, 1.807) is 0 Å². The van der Waals surface area contributed by atoms with E-state index in [9.17, 15) is 22.7 Å². The lowest BCUT2D eigenvalue weighted by molar-refractivity contribution is -0.139. The van der Waals surface area contributed by atoms with Gasteiger partial charge in [0, 0.05) is 0 Å². The fourth-order valence-electron chi connectivity index (χ4n) is 1.38. The summed E-state index contributed by atoms with van der Waals surface area (Å²) in [7, 11) is 0. The maximum absolute atomic E-state index is 12.8. The summed E-state index contributed by atoms with van der Waals surface area (Å²) in [6.45, 7) is 0.0228. The summed E-state index contributed by atoms with van der Waals surface area (Å²) in [5, 5.41) is 9.44. The molecule has 0 heterocycles. The number of aliphatic hydroxyl groups excluding tert-OH is 1. The highest BCUT2D eigenvalue weighted by Crippen LogP contribution is 2.35. The minimum absolute atomic E-state index is 0.0228. The Kier molecular flexibility index (Phi) is 3.88. The zero-order chi connectivity index (χ0) is 12.3. The van der Waals surface area contributed by atoms with Crippen molar-refractivity contribution in [1.29, 1.82) is 0 Å². The predicted octanol–water partition coefficient (Wildman–Crippen LogP) is 2.23. The molecule has 0 aliphatic heterocycles. The fourth-order valence-corrected chi connectivity index (χ4v) is 1.38. The Hall–Kier alpha value is -1.14. The van der Waals surface area contributed by atoms with Crippen molar-refractivity contribution in [3.63, 3.8) is 0 Å². The molecule has 0 saturated carbocycles. The van der Waals surface area contributed by atoms with Crippen LogP contribution in [0.4, 0.5) is 17.6 Å². The van der Waals surface area contributed by atoms with Crippen LogP contribution in [0.3, 0.4) is 0 Å². The van der Waals surface area contributed by atoms with Crippen LogP contribution in [-0.2, 0) is 6.18 Å². The Morgan fingerprint density at radius 2 is 1.94 bits per heavy atom. The molecule has 0 spiro atoms. The van der Waals surface area contributed by atoms with Crippen molar-refractivity contribution in [3.8, 4) is 0 Å². The van der Waals surface area contributed by atoms with E-state index < -0.39 is 29.2 Å². The molecule has 0 aliphatic carbocycles. The van der Waals surface area contributed by atoms with E-state index >= 15 is 0 Å². The summed E-state index contributed by atoms with van der Waals surface area (Å²) in [6.07, 6.45) is -6.07. The van der Waals surface area contributed by atoms with Crippen molar-refractivity contribution >= 4 is 0 Å². The van der Waals surface area contributed by atoms with Gasteiger partial charge in [0.1, 0.15) is 5.82 Å². The van der Waals surface area contributed by atoms with Crippen LogP contribution in [0.25, 0.3) is 0 Å². The van der Waals surface area contributed by atoms with Crippen LogP contribution in [-0.4, -0.2) is 11.7 Å². The molecule has 2 nitrogen and oxygen atoms in total. The van der Waals surface area contributed by atoms with Crippen molar-refractivity contribution in [2.24, 2.45) is 5.73 Å². The molecule has 6 heteroatoms. The van der Waals surface area contributed by atoms with Gasteiger partial charge in [0.15, 0.2) is 0 Å². The zero-order valence-electron chi connectivity index (χ0n) is 8.26. The van der Waals surface area contributed by atoms with Gasteiger partial charge < -0.3 is 10.8 Å². The molecule has 0 saturated heterocycles. The molecule has 0 fully saturated rings. The number of aliphatic hydroxyl groups is 1. The average molecular weight is 237 g/mol. The zero-order valence-corrected chi connectivity index (χ0v) is 8.26. The lowest BCUT2D eigenvalue weighted by atomic mass is 9.99. The first-order chi connectivity index (χ1) is 7.36. The highest BCUT2D eigenvalue weighted by atomic mass is 19.4. The Bertz CT molecular complexity index is 364. The van der Waals surface area contributed by atoms with Crippen LogP contribution in [0.1, 0.15) is 23.7 Å². The molecule has 1 atom stereocenters. The Balaban J connectivity index is 3.18. The maximum Gasteiger partial charge on any atom is 0.416 e. The molecule has 1 aromatic rings. The summed E-state index contributed by atoms with van der Waals surface area (Å²) in [6, 6.07) is 2.01. The quantitative estimate of drug-likeness (QED) is 0.792. The van der Waals surface area contributed by atoms with E-state index in [2.05, 4.69) is 0 Å². The van der Waals surface area contributed by atoms with Crippen LogP contribution in [0.15, 0.2) is 18.2 Å². The van der Waals surface area contributed by atoms with Gasteiger partial charge in [-0.15, -0.1) is 0 Å². The molecule has 0 bridgehead atoms. The van der Waals surface area contributed by atoms with Gasteiger partial charge in [-0.2, -0.15) is 13.2 Å². The molecule has 1 aromatic carbocycles. The van der Waals surface area contributed by atoms with Crippen molar-refractivity contribution in [3.05, 3.63) is 35.1 Å². The first-order valence-electron chi connectivity index (χ1n) is 4.61. The number of nitrogens with two attached hydrogens (primary N) is 1. The van der Waals surface area contributed by atoms with Crippen LogP contribution in [0.2, 0.25) is 0 Å². The first-order valence-corrected chi connectivity index (χ1v) is 4.61.